The van der Waals surface area contributed by atoms with Gasteiger partial charge in [-0.15, -0.1) is 11.3 Å². The van der Waals surface area contributed by atoms with Crippen LogP contribution in [0.2, 0.25) is 0 Å². The Morgan fingerprint density at radius 2 is 2.29 bits per heavy atom. The van der Waals surface area contributed by atoms with Crippen LogP contribution >= 0.6 is 11.3 Å². The molecule has 1 heterocycles. The van der Waals surface area contributed by atoms with Crippen LogP contribution in [0.25, 0.3) is 0 Å². The lowest BCUT2D eigenvalue weighted by Gasteiger charge is -2.11. The number of nitrogens with one attached hydrogen (secondary N) is 2. The second-order valence-corrected chi connectivity index (χ2v) is 4.75. The highest BCUT2D eigenvalue weighted by Crippen LogP contribution is 2.07. The zero-order valence-corrected chi connectivity index (χ0v) is 10.5. The summed E-state index contributed by atoms with van der Waals surface area (Å²) in [6.45, 7) is 3.87. The quantitative estimate of drug-likeness (QED) is 0.737. The second-order valence-electron chi connectivity index (χ2n) is 3.68. The highest BCUT2D eigenvalue weighted by Gasteiger charge is 2.10. The van der Waals surface area contributed by atoms with Crippen molar-refractivity contribution in [1.82, 2.24) is 15.6 Å². The molecule has 0 spiro atoms. The summed E-state index contributed by atoms with van der Waals surface area (Å²) >= 11 is 1.52. The van der Waals surface area contributed by atoms with Crippen molar-refractivity contribution in [2.24, 2.45) is 0 Å². The molecular weight excluding hydrogens is 242 g/mol. The molecule has 0 aliphatic heterocycles. The lowest BCUT2D eigenvalue weighted by Crippen LogP contribution is -2.41. The minimum Gasteiger partial charge on any atom is -0.481 e. The van der Waals surface area contributed by atoms with E-state index in [1.54, 1.807) is 6.92 Å². The van der Waals surface area contributed by atoms with E-state index in [-0.39, 0.29) is 12.5 Å². The molecule has 1 aromatic rings. The molecular formula is C10H15N3O3S. The number of hydrogen-bond donors (Lipinski definition) is 3. The summed E-state index contributed by atoms with van der Waals surface area (Å²) in [7, 11) is 0. The van der Waals surface area contributed by atoms with Crippen molar-refractivity contribution in [3.8, 4) is 0 Å². The Morgan fingerprint density at radius 1 is 1.59 bits per heavy atom. The largest absolute Gasteiger partial charge is 0.481 e. The molecule has 0 aromatic carbocycles. The lowest BCUT2D eigenvalue weighted by atomic mass is 10.2. The number of carboxylic acid groups (broad SMARTS) is 1. The van der Waals surface area contributed by atoms with Gasteiger partial charge in [0.1, 0.15) is 0 Å². The Bertz CT molecular complexity index is 405. The van der Waals surface area contributed by atoms with Crippen LogP contribution in [0.3, 0.4) is 0 Å². The van der Waals surface area contributed by atoms with E-state index in [0.29, 0.717) is 6.54 Å². The Hall–Kier alpha value is -1.63. The zero-order chi connectivity index (χ0) is 12.8. The monoisotopic (exact) mass is 257 g/mol. The third-order valence-corrected chi connectivity index (χ3v) is 2.78. The van der Waals surface area contributed by atoms with Crippen molar-refractivity contribution in [2.45, 2.75) is 32.9 Å². The number of carbonyl (C=O) groups is 2. The molecule has 0 saturated carbocycles. The smallest absolute Gasteiger partial charge is 0.315 e. The molecule has 0 fully saturated rings. The van der Waals surface area contributed by atoms with Crippen molar-refractivity contribution in [1.29, 1.82) is 0 Å². The number of aryl methyl sites for hydroxylation is 1. The molecule has 0 bridgehead atoms. The summed E-state index contributed by atoms with van der Waals surface area (Å²) < 4.78 is 0. The highest BCUT2D eigenvalue weighted by molar-refractivity contribution is 7.09. The molecule has 1 aromatic heterocycles. The maximum Gasteiger partial charge on any atom is 0.315 e. The van der Waals surface area contributed by atoms with E-state index in [2.05, 4.69) is 15.6 Å². The molecule has 1 unspecified atom stereocenters. The summed E-state index contributed by atoms with van der Waals surface area (Å²) in [4.78, 5) is 26.0. The first-order valence-corrected chi connectivity index (χ1v) is 6.02. The zero-order valence-electron chi connectivity index (χ0n) is 9.69. The van der Waals surface area contributed by atoms with E-state index in [4.69, 9.17) is 5.11 Å². The molecule has 0 saturated heterocycles. The Labute approximate surface area is 103 Å². The number of amides is 2. The van der Waals surface area contributed by atoms with E-state index in [1.807, 2.05) is 12.3 Å². The Morgan fingerprint density at radius 3 is 2.82 bits per heavy atom. The summed E-state index contributed by atoms with van der Waals surface area (Å²) in [6, 6.07) is -0.783. The van der Waals surface area contributed by atoms with Gasteiger partial charge >= 0.3 is 12.0 Å². The summed E-state index contributed by atoms with van der Waals surface area (Å²) in [6.07, 6.45) is -0.0940. The van der Waals surface area contributed by atoms with E-state index in [0.717, 1.165) is 10.7 Å². The molecule has 0 aliphatic rings. The van der Waals surface area contributed by atoms with Crippen LogP contribution < -0.4 is 10.6 Å². The van der Waals surface area contributed by atoms with Crippen LogP contribution in [0.5, 0.6) is 0 Å². The molecule has 3 N–H and O–H groups in total. The number of urea groups is 1. The number of hydrogen-bond acceptors (Lipinski definition) is 4. The van der Waals surface area contributed by atoms with Gasteiger partial charge in [-0.05, 0) is 13.8 Å². The van der Waals surface area contributed by atoms with Gasteiger partial charge in [-0.25, -0.2) is 9.78 Å². The molecule has 6 nitrogen and oxygen atoms in total. The fourth-order valence-corrected chi connectivity index (χ4v) is 1.86. The predicted molar refractivity (Wildman–Crippen MR) is 63.9 cm³/mol. The van der Waals surface area contributed by atoms with Crippen LogP contribution in [-0.4, -0.2) is 28.1 Å². The van der Waals surface area contributed by atoms with Crippen molar-refractivity contribution in [3.05, 3.63) is 16.1 Å². The number of carboxylic acids is 1. The van der Waals surface area contributed by atoms with Crippen molar-refractivity contribution in [3.63, 3.8) is 0 Å². The number of rotatable bonds is 5. The standard InChI is InChI=1S/C10H15N3O3S/c1-6(3-9(14)15)12-10(16)11-4-8-5-17-7(2)13-8/h5-6H,3-4H2,1-2H3,(H,14,15)(H2,11,12,16). The molecule has 7 heteroatoms. The van der Waals surface area contributed by atoms with Gasteiger partial charge in [-0.2, -0.15) is 0 Å². The van der Waals surface area contributed by atoms with Gasteiger partial charge < -0.3 is 15.7 Å². The molecule has 94 valence electrons. The average molecular weight is 257 g/mol. The van der Waals surface area contributed by atoms with Gasteiger partial charge in [0, 0.05) is 11.4 Å². The molecule has 17 heavy (non-hydrogen) atoms. The Kier molecular flexibility index (Phi) is 4.89. The van der Waals surface area contributed by atoms with Crippen LogP contribution in [0.1, 0.15) is 24.0 Å². The number of carbonyl (C=O) groups excluding carboxylic acids is 1. The number of aliphatic carboxylic acids is 1. The SMILES string of the molecule is Cc1nc(CNC(=O)NC(C)CC(=O)O)cs1. The first-order valence-electron chi connectivity index (χ1n) is 5.14. The van der Waals surface area contributed by atoms with Gasteiger partial charge in [0.2, 0.25) is 0 Å². The van der Waals surface area contributed by atoms with E-state index in [9.17, 15) is 9.59 Å². The average Bonchev–Trinajstić information content (AvgIpc) is 2.59. The third kappa shape index (κ3) is 5.30. The first kappa shape index (κ1) is 13.4. The highest BCUT2D eigenvalue weighted by atomic mass is 32.1. The number of thiazole rings is 1. The third-order valence-electron chi connectivity index (χ3n) is 1.95. The molecule has 1 atom stereocenters. The first-order chi connectivity index (χ1) is 7.97. The van der Waals surface area contributed by atoms with Crippen molar-refractivity contribution >= 4 is 23.3 Å². The molecule has 1 rings (SSSR count). The van der Waals surface area contributed by atoms with Gasteiger partial charge in [-0.3, -0.25) is 4.79 Å². The summed E-state index contributed by atoms with van der Waals surface area (Å²) in [5.41, 5.74) is 0.800. The topological polar surface area (TPSA) is 91.3 Å². The van der Waals surface area contributed by atoms with Gasteiger partial charge in [0.05, 0.1) is 23.7 Å². The summed E-state index contributed by atoms with van der Waals surface area (Å²) in [5.74, 6) is -0.937. The molecule has 2 amide bonds. The van der Waals surface area contributed by atoms with Crippen LogP contribution in [-0.2, 0) is 11.3 Å². The Balaban J connectivity index is 2.28. The number of nitrogens with zero attached hydrogens (tertiary/aromatic N) is 1. The normalized spacial score (nSPS) is 11.9. The number of aromatic nitrogens is 1. The summed E-state index contributed by atoms with van der Waals surface area (Å²) in [5, 5.41) is 16.5. The van der Waals surface area contributed by atoms with Crippen LogP contribution in [0.4, 0.5) is 4.79 Å². The second kappa shape index (κ2) is 6.19. The maximum absolute atomic E-state index is 11.4. The van der Waals surface area contributed by atoms with Crippen molar-refractivity contribution in [2.75, 3.05) is 0 Å². The van der Waals surface area contributed by atoms with E-state index in [1.165, 1.54) is 11.3 Å². The minimum absolute atomic E-state index is 0.0940. The van der Waals surface area contributed by atoms with Crippen molar-refractivity contribution < 1.29 is 14.7 Å². The molecule has 0 aliphatic carbocycles. The van der Waals surface area contributed by atoms with Gasteiger partial charge in [0.15, 0.2) is 0 Å². The maximum atomic E-state index is 11.4. The van der Waals surface area contributed by atoms with Crippen LogP contribution in [0, 0.1) is 6.92 Å². The lowest BCUT2D eigenvalue weighted by molar-refractivity contribution is -0.137. The minimum atomic E-state index is -0.937. The molecule has 0 radical (unpaired) electrons. The fraction of sp³-hybridized carbons (Fsp3) is 0.500. The van der Waals surface area contributed by atoms with E-state index < -0.39 is 12.0 Å². The predicted octanol–water partition coefficient (Wildman–Crippen LogP) is 1.11. The fourth-order valence-electron chi connectivity index (χ4n) is 1.25. The van der Waals surface area contributed by atoms with E-state index >= 15 is 0 Å². The van der Waals surface area contributed by atoms with Crippen LogP contribution in [0.15, 0.2) is 5.38 Å². The van der Waals surface area contributed by atoms with Gasteiger partial charge in [-0.1, -0.05) is 0 Å². The van der Waals surface area contributed by atoms with Gasteiger partial charge in [0.25, 0.3) is 0 Å².